The van der Waals surface area contributed by atoms with E-state index in [1.54, 1.807) is 19.1 Å². The summed E-state index contributed by atoms with van der Waals surface area (Å²) in [6.45, 7) is 3.36. The zero-order valence-electron chi connectivity index (χ0n) is 13.3. The Balaban J connectivity index is 1.78. The van der Waals surface area contributed by atoms with Crippen molar-refractivity contribution in [3.05, 3.63) is 45.3 Å². The largest absolute Gasteiger partial charge is 0.354 e. The smallest absolute Gasteiger partial charge is 0.244 e. The van der Waals surface area contributed by atoms with E-state index >= 15 is 0 Å². The van der Waals surface area contributed by atoms with Crippen molar-refractivity contribution in [3.8, 4) is 0 Å². The summed E-state index contributed by atoms with van der Waals surface area (Å²) in [5.41, 5.74) is 0. The number of hydrogen-bond acceptors (Lipinski definition) is 5. The molecule has 134 valence electrons. The number of anilines is 1. The Morgan fingerprint density at radius 1 is 1.00 bits per heavy atom. The molecule has 0 radical (unpaired) electrons. The minimum atomic E-state index is -3.71. The lowest BCUT2D eigenvalue weighted by Gasteiger charge is -2.34. The van der Waals surface area contributed by atoms with E-state index in [-0.39, 0.29) is 9.92 Å². The molecular weight excluding hydrogens is 407 g/mol. The highest BCUT2D eigenvalue weighted by Crippen LogP contribution is 2.29. The summed E-state index contributed by atoms with van der Waals surface area (Å²) in [7, 11) is -3.71. The normalized spacial score (nSPS) is 16.2. The van der Waals surface area contributed by atoms with E-state index in [4.69, 9.17) is 34.8 Å². The first-order valence-electron chi connectivity index (χ1n) is 7.49. The SMILES string of the molecule is Cc1nc(Cl)cc(N2CCN(S(=O)(=O)c3cc(Cl)ccc3Cl)CC2)n1. The first kappa shape index (κ1) is 18.7. The Labute approximate surface area is 161 Å². The van der Waals surface area contributed by atoms with E-state index in [9.17, 15) is 8.42 Å². The van der Waals surface area contributed by atoms with Crippen LogP contribution in [0.2, 0.25) is 15.2 Å². The van der Waals surface area contributed by atoms with E-state index in [2.05, 4.69) is 9.97 Å². The molecule has 2 aromatic rings. The van der Waals surface area contributed by atoms with Crippen LogP contribution in [0.25, 0.3) is 0 Å². The molecule has 2 heterocycles. The molecule has 1 aromatic heterocycles. The summed E-state index contributed by atoms with van der Waals surface area (Å²) in [6.07, 6.45) is 0. The number of aromatic nitrogens is 2. The highest BCUT2D eigenvalue weighted by molar-refractivity contribution is 7.89. The van der Waals surface area contributed by atoms with Crippen molar-refractivity contribution < 1.29 is 8.42 Å². The van der Waals surface area contributed by atoms with Gasteiger partial charge in [-0.3, -0.25) is 0 Å². The molecule has 25 heavy (non-hydrogen) atoms. The molecule has 0 spiro atoms. The maximum atomic E-state index is 12.8. The van der Waals surface area contributed by atoms with Gasteiger partial charge >= 0.3 is 0 Å². The first-order chi connectivity index (χ1) is 11.8. The van der Waals surface area contributed by atoms with Crippen LogP contribution >= 0.6 is 34.8 Å². The van der Waals surface area contributed by atoms with Gasteiger partial charge in [0.1, 0.15) is 21.7 Å². The van der Waals surface area contributed by atoms with Crippen molar-refractivity contribution in [2.45, 2.75) is 11.8 Å². The summed E-state index contributed by atoms with van der Waals surface area (Å²) < 4.78 is 27.1. The van der Waals surface area contributed by atoms with Gasteiger partial charge in [-0.15, -0.1) is 0 Å². The number of aryl methyl sites for hydroxylation is 1. The van der Waals surface area contributed by atoms with Crippen LogP contribution in [0.4, 0.5) is 5.82 Å². The molecule has 0 N–H and O–H groups in total. The Morgan fingerprint density at radius 3 is 2.32 bits per heavy atom. The number of piperazine rings is 1. The zero-order chi connectivity index (χ0) is 18.2. The molecule has 1 saturated heterocycles. The van der Waals surface area contributed by atoms with Crippen LogP contribution in [0.15, 0.2) is 29.2 Å². The predicted octanol–water partition coefficient (Wildman–Crippen LogP) is 3.26. The van der Waals surface area contributed by atoms with Crippen molar-refractivity contribution in [2.24, 2.45) is 0 Å². The molecule has 0 atom stereocenters. The van der Waals surface area contributed by atoms with Gasteiger partial charge in [-0.25, -0.2) is 18.4 Å². The first-order valence-corrected chi connectivity index (χ1v) is 10.1. The van der Waals surface area contributed by atoms with Gasteiger partial charge in [0.15, 0.2) is 0 Å². The molecule has 6 nitrogen and oxygen atoms in total. The van der Waals surface area contributed by atoms with Crippen molar-refractivity contribution in [1.82, 2.24) is 14.3 Å². The second kappa shape index (κ2) is 7.25. The molecule has 0 saturated carbocycles. The molecule has 1 aliphatic heterocycles. The Kier molecular flexibility index (Phi) is 5.41. The fourth-order valence-electron chi connectivity index (χ4n) is 2.65. The Morgan fingerprint density at radius 2 is 1.68 bits per heavy atom. The van der Waals surface area contributed by atoms with Gasteiger partial charge in [0, 0.05) is 37.3 Å². The second-order valence-corrected chi connectivity index (χ2v) is 8.70. The summed E-state index contributed by atoms with van der Waals surface area (Å²) in [6, 6.07) is 6.09. The quantitative estimate of drug-likeness (QED) is 0.712. The second-order valence-electron chi connectivity index (χ2n) is 5.56. The fourth-order valence-corrected chi connectivity index (χ4v) is 5.03. The van der Waals surface area contributed by atoms with E-state index in [0.717, 1.165) is 0 Å². The summed E-state index contributed by atoms with van der Waals surface area (Å²) in [5, 5.41) is 0.848. The van der Waals surface area contributed by atoms with Crippen LogP contribution in [-0.4, -0.2) is 48.9 Å². The van der Waals surface area contributed by atoms with Gasteiger partial charge in [-0.05, 0) is 25.1 Å². The summed E-state index contributed by atoms with van der Waals surface area (Å²) in [4.78, 5) is 10.4. The third-order valence-electron chi connectivity index (χ3n) is 3.87. The third kappa shape index (κ3) is 4.01. The van der Waals surface area contributed by atoms with Crippen LogP contribution in [0, 0.1) is 6.92 Å². The van der Waals surface area contributed by atoms with Gasteiger partial charge in [-0.1, -0.05) is 34.8 Å². The average Bonchev–Trinajstić information content (AvgIpc) is 2.56. The number of nitrogens with zero attached hydrogens (tertiary/aromatic N) is 4. The molecule has 10 heteroatoms. The van der Waals surface area contributed by atoms with E-state index in [1.807, 2.05) is 4.90 Å². The van der Waals surface area contributed by atoms with Crippen molar-refractivity contribution >= 4 is 50.6 Å². The van der Waals surface area contributed by atoms with Crippen molar-refractivity contribution in [3.63, 3.8) is 0 Å². The van der Waals surface area contributed by atoms with Gasteiger partial charge in [0.05, 0.1) is 5.02 Å². The van der Waals surface area contributed by atoms with E-state index in [1.165, 1.54) is 16.4 Å². The highest BCUT2D eigenvalue weighted by atomic mass is 35.5. The van der Waals surface area contributed by atoms with Gasteiger partial charge in [-0.2, -0.15) is 4.31 Å². The van der Waals surface area contributed by atoms with Crippen LogP contribution in [-0.2, 0) is 10.0 Å². The molecule has 0 aliphatic carbocycles. The van der Waals surface area contributed by atoms with Crippen LogP contribution < -0.4 is 4.90 Å². The molecule has 0 amide bonds. The monoisotopic (exact) mass is 420 g/mol. The average molecular weight is 422 g/mol. The summed E-state index contributed by atoms with van der Waals surface area (Å²) in [5.74, 6) is 1.26. The van der Waals surface area contributed by atoms with Gasteiger partial charge in [0.2, 0.25) is 10.0 Å². The van der Waals surface area contributed by atoms with Gasteiger partial charge < -0.3 is 4.90 Å². The molecular formula is C15H15Cl3N4O2S. The lowest BCUT2D eigenvalue weighted by atomic mass is 10.3. The number of rotatable bonds is 3. The van der Waals surface area contributed by atoms with Gasteiger partial charge in [0.25, 0.3) is 0 Å². The molecule has 3 rings (SSSR count). The molecule has 1 fully saturated rings. The molecule has 0 unspecified atom stereocenters. The van der Waals surface area contributed by atoms with Crippen molar-refractivity contribution in [1.29, 1.82) is 0 Å². The maximum Gasteiger partial charge on any atom is 0.244 e. The Bertz CT molecular complexity index is 879. The van der Waals surface area contributed by atoms with Crippen LogP contribution in [0.3, 0.4) is 0 Å². The maximum absolute atomic E-state index is 12.8. The highest BCUT2D eigenvalue weighted by Gasteiger charge is 2.30. The standard InChI is InChI=1S/C15H15Cl3N4O2S/c1-10-19-14(18)9-15(20-10)21-4-6-22(7-5-21)25(23,24)13-8-11(16)2-3-12(13)17/h2-3,8-9H,4-7H2,1H3. The van der Waals surface area contributed by atoms with Crippen molar-refractivity contribution in [2.75, 3.05) is 31.1 Å². The fraction of sp³-hybridized carbons (Fsp3) is 0.333. The molecule has 0 bridgehead atoms. The number of sulfonamides is 1. The van der Waals surface area contributed by atoms with E-state index < -0.39 is 10.0 Å². The Hall–Kier alpha value is -1.12. The lowest BCUT2D eigenvalue weighted by Crippen LogP contribution is -2.49. The minimum absolute atomic E-state index is 0.0241. The lowest BCUT2D eigenvalue weighted by molar-refractivity contribution is 0.383. The third-order valence-corrected chi connectivity index (χ3v) is 6.68. The number of benzene rings is 1. The number of halogens is 3. The van der Waals surface area contributed by atoms with Crippen LogP contribution in [0.5, 0.6) is 0 Å². The molecule has 1 aromatic carbocycles. The minimum Gasteiger partial charge on any atom is -0.354 e. The van der Waals surface area contributed by atoms with E-state index in [0.29, 0.717) is 48.0 Å². The number of hydrogen-bond donors (Lipinski definition) is 0. The molecule has 1 aliphatic rings. The zero-order valence-corrected chi connectivity index (χ0v) is 16.4. The summed E-state index contributed by atoms with van der Waals surface area (Å²) >= 11 is 17.9. The predicted molar refractivity (Wildman–Crippen MR) is 99.2 cm³/mol. The van der Waals surface area contributed by atoms with Crippen LogP contribution in [0.1, 0.15) is 5.82 Å². The topological polar surface area (TPSA) is 66.4 Å².